The first-order valence-corrected chi connectivity index (χ1v) is 11.3. The zero-order chi connectivity index (χ0) is 22.3. The molecule has 2 aromatic rings. The first kappa shape index (κ1) is 20.7. The fourth-order valence-electron chi connectivity index (χ4n) is 6.77. The van der Waals surface area contributed by atoms with Crippen LogP contribution in [0.2, 0.25) is 0 Å². The maximum absolute atomic E-state index is 12.7. The van der Waals surface area contributed by atoms with E-state index in [1.807, 2.05) is 0 Å². The molecule has 2 unspecified atom stereocenters. The van der Waals surface area contributed by atoms with Gasteiger partial charge in [-0.1, -0.05) is 29.8 Å². The van der Waals surface area contributed by atoms with Gasteiger partial charge in [0.05, 0.1) is 11.1 Å². The lowest BCUT2D eigenvalue weighted by Gasteiger charge is -2.62. The summed E-state index contributed by atoms with van der Waals surface area (Å²) >= 11 is 0. The normalized spacial score (nSPS) is 30.4. The number of carbonyl (C=O) groups is 1. The second-order valence-electron chi connectivity index (χ2n) is 10.1. The molecule has 32 heavy (non-hydrogen) atoms. The molecular formula is C25H28N4O3. The van der Waals surface area contributed by atoms with Gasteiger partial charge in [0.25, 0.3) is 5.69 Å². The highest BCUT2D eigenvalue weighted by Gasteiger charge is 2.58. The van der Waals surface area contributed by atoms with E-state index in [1.54, 1.807) is 12.1 Å². The Bertz CT molecular complexity index is 1050. The Balaban J connectivity index is 1.27. The lowest BCUT2D eigenvalue weighted by Crippen LogP contribution is -2.65. The van der Waals surface area contributed by atoms with Gasteiger partial charge in [-0.05, 0) is 86.0 Å². The van der Waals surface area contributed by atoms with Gasteiger partial charge in [0.2, 0.25) is 0 Å². The number of benzene rings is 2. The fraction of sp³-hybridized carbons (Fsp3) is 0.440. The van der Waals surface area contributed by atoms with Crippen molar-refractivity contribution in [1.82, 2.24) is 10.7 Å². The smallest absolute Gasteiger partial charge is 0.331 e. The number of nitro groups is 1. The summed E-state index contributed by atoms with van der Waals surface area (Å²) in [5, 5.41) is 18.1. The molecule has 7 nitrogen and oxygen atoms in total. The van der Waals surface area contributed by atoms with Crippen molar-refractivity contribution in [2.75, 3.05) is 0 Å². The predicted molar refractivity (Wildman–Crippen MR) is 123 cm³/mol. The number of hydrazone groups is 1. The summed E-state index contributed by atoms with van der Waals surface area (Å²) in [5.74, 6) is 1.31. The van der Waals surface area contributed by atoms with E-state index in [4.69, 9.17) is 0 Å². The van der Waals surface area contributed by atoms with Crippen LogP contribution in [-0.4, -0.2) is 22.7 Å². The third-order valence-electron chi connectivity index (χ3n) is 7.59. The average molecular weight is 433 g/mol. The van der Waals surface area contributed by atoms with Gasteiger partial charge in [-0.15, -0.1) is 0 Å². The highest BCUT2D eigenvalue weighted by Crippen LogP contribution is 2.62. The molecule has 2 amide bonds. The van der Waals surface area contributed by atoms with Crippen LogP contribution in [0.25, 0.3) is 0 Å². The summed E-state index contributed by atoms with van der Waals surface area (Å²) in [7, 11) is 0. The lowest BCUT2D eigenvalue weighted by atomic mass is 9.45. The number of urea groups is 1. The van der Waals surface area contributed by atoms with Crippen molar-refractivity contribution in [3.63, 3.8) is 0 Å². The van der Waals surface area contributed by atoms with Crippen LogP contribution >= 0.6 is 0 Å². The first-order chi connectivity index (χ1) is 15.3. The maximum atomic E-state index is 12.7. The quantitative estimate of drug-likeness (QED) is 0.402. The van der Waals surface area contributed by atoms with Crippen molar-refractivity contribution in [2.24, 2.45) is 16.9 Å². The van der Waals surface area contributed by atoms with E-state index in [1.165, 1.54) is 48.7 Å². The van der Waals surface area contributed by atoms with E-state index in [0.717, 1.165) is 19.3 Å². The molecule has 7 heteroatoms. The number of hydrogen-bond acceptors (Lipinski definition) is 4. The molecule has 0 aromatic heterocycles. The van der Waals surface area contributed by atoms with E-state index < -0.39 is 4.92 Å². The van der Waals surface area contributed by atoms with Gasteiger partial charge in [0.15, 0.2) is 0 Å². The van der Waals surface area contributed by atoms with E-state index in [2.05, 4.69) is 47.0 Å². The largest absolute Gasteiger partial charge is 0.335 e. The highest BCUT2D eigenvalue weighted by atomic mass is 16.6. The van der Waals surface area contributed by atoms with E-state index in [9.17, 15) is 14.9 Å². The molecule has 0 heterocycles. The molecule has 166 valence electrons. The van der Waals surface area contributed by atoms with E-state index >= 15 is 0 Å². The second-order valence-corrected chi connectivity index (χ2v) is 10.1. The van der Waals surface area contributed by atoms with Crippen LogP contribution in [0.5, 0.6) is 0 Å². The molecule has 4 saturated carbocycles. The number of carbonyl (C=O) groups excluding carboxylic acids is 1. The van der Waals surface area contributed by atoms with Gasteiger partial charge in [-0.2, -0.15) is 5.10 Å². The predicted octanol–water partition coefficient (Wildman–Crippen LogP) is 4.83. The van der Waals surface area contributed by atoms with Crippen LogP contribution in [-0.2, 0) is 5.41 Å². The molecule has 2 atom stereocenters. The number of hydrogen-bond donors (Lipinski definition) is 2. The minimum atomic E-state index is -0.443. The minimum Gasteiger partial charge on any atom is -0.331 e. The number of nitro benzene ring substituents is 1. The lowest BCUT2D eigenvalue weighted by molar-refractivity contribution is -0.384. The average Bonchev–Trinajstić information content (AvgIpc) is 2.73. The highest BCUT2D eigenvalue weighted by molar-refractivity contribution is 5.82. The Morgan fingerprint density at radius 3 is 2.34 bits per heavy atom. The van der Waals surface area contributed by atoms with Crippen LogP contribution in [0.3, 0.4) is 0 Å². The minimum absolute atomic E-state index is 0.0252. The zero-order valence-electron chi connectivity index (χ0n) is 18.2. The fourth-order valence-corrected chi connectivity index (χ4v) is 6.77. The van der Waals surface area contributed by atoms with E-state index in [0.29, 0.717) is 17.4 Å². The van der Waals surface area contributed by atoms with Gasteiger partial charge in [-0.25, -0.2) is 10.2 Å². The van der Waals surface area contributed by atoms with Crippen LogP contribution in [0.1, 0.15) is 55.2 Å². The molecule has 4 aliphatic carbocycles. The summed E-state index contributed by atoms with van der Waals surface area (Å²) in [6, 6.07) is 14.7. The number of nitrogens with zero attached hydrogens (tertiary/aromatic N) is 2. The van der Waals surface area contributed by atoms with Gasteiger partial charge >= 0.3 is 6.03 Å². The zero-order valence-corrected chi connectivity index (χ0v) is 18.2. The summed E-state index contributed by atoms with van der Waals surface area (Å²) < 4.78 is 0. The standard InChI is InChI=1S/C25H28N4O3/c1-17-2-6-21(7-3-17)24-11-19-10-20(12-24)14-25(13-19,16-24)27-23(30)28-26-15-18-4-8-22(9-5-18)29(31)32/h2-9,15,19-20H,10-14,16H2,1H3,(H2,27,28,30)/b26-15+. The van der Waals surface area contributed by atoms with Gasteiger partial charge in [-0.3, -0.25) is 10.1 Å². The molecule has 4 aliphatic rings. The maximum Gasteiger partial charge on any atom is 0.335 e. The number of rotatable bonds is 5. The Morgan fingerprint density at radius 1 is 1.06 bits per heavy atom. The summed E-state index contributed by atoms with van der Waals surface area (Å²) in [6.07, 6.45) is 8.27. The van der Waals surface area contributed by atoms with Crippen LogP contribution < -0.4 is 10.7 Å². The number of aryl methyl sites for hydroxylation is 1. The topological polar surface area (TPSA) is 96.6 Å². The molecule has 0 spiro atoms. The number of non-ortho nitro benzene ring substituents is 1. The monoisotopic (exact) mass is 432 g/mol. The molecule has 6 rings (SSSR count). The molecule has 4 bridgehead atoms. The molecule has 0 aliphatic heterocycles. The number of nitrogens with one attached hydrogen (secondary N) is 2. The Morgan fingerprint density at radius 2 is 1.72 bits per heavy atom. The van der Waals surface area contributed by atoms with Gasteiger partial charge in [0.1, 0.15) is 0 Å². The molecular weight excluding hydrogens is 404 g/mol. The summed E-state index contributed by atoms with van der Waals surface area (Å²) in [4.78, 5) is 23.0. The third kappa shape index (κ3) is 3.87. The molecule has 2 aromatic carbocycles. The van der Waals surface area contributed by atoms with Crippen molar-refractivity contribution in [1.29, 1.82) is 0 Å². The summed E-state index contributed by atoms with van der Waals surface area (Å²) in [6.45, 7) is 2.12. The second kappa shape index (κ2) is 7.73. The van der Waals surface area contributed by atoms with Gasteiger partial charge < -0.3 is 5.32 Å². The molecule has 0 radical (unpaired) electrons. The van der Waals surface area contributed by atoms with Crippen LogP contribution in [0.15, 0.2) is 53.6 Å². The first-order valence-electron chi connectivity index (χ1n) is 11.3. The molecule has 0 saturated heterocycles. The third-order valence-corrected chi connectivity index (χ3v) is 7.59. The Labute approximate surface area is 187 Å². The van der Waals surface area contributed by atoms with Crippen molar-refractivity contribution in [2.45, 2.75) is 56.4 Å². The van der Waals surface area contributed by atoms with E-state index in [-0.39, 0.29) is 22.7 Å². The van der Waals surface area contributed by atoms with Crippen LogP contribution in [0.4, 0.5) is 10.5 Å². The van der Waals surface area contributed by atoms with Crippen LogP contribution in [0, 0.1) is 28.9 Å². The van der Waals surface area contributed by atoms with Crippen molar-refractivity contribution >= 4 is 17.9 Å². The molecule has 2 N–H and O–H groups in total. The number of amides is 2. The van der Waals surface area contributed by atoms with Crippen molar-refractivity contribution in [3.8, 4) is 0 Å². The van der Waals surface area contributed by atoms with Crippen molar-refractivity contribution in [3.05, 3.63) is 75.3 Å². The van der Waals surface area contributed by atoms with Gasteiger partial charge in [0, 0.05) is 17.7 Å². The SMILES string of the molecule is Cc1ccc(C23CC4CC(CC(NC(=O)N/N=C/c5ccc([N+](=O)[O-])cc5)(C4)C2)C3)cc1. The summed E-state index contributed by atoms with van der Waals surface area (Å²) in [5.41, 5.74) is 5.97. The van der Waals surface area contributed by atoms with Crippen molar-refractivity contribution < 1.29 is 9.72 Å². The Kier molecular flexibility index (Phi) is 4.99. The molecule has 4 fully saturated rings. The Hall–Kier alpha value is -3.22.